The third-order valence-corrected chi connectivity index (χ3v) is 3.48. The molecule has 128 valence electrons. The number of alkyl halides is 1. The number of anilines is 1. The molecule has 0 spiro atoms. The van der Waals surface area contributed by atoms with Gasteiger partial charge in [-0.05, 0) is 0 Å². The van der Waals surface area contributed by atoms with Crippen molar-refractivity contribution in [3.8, 4) is 5.75 Å². The highest BCUT2D eigenvalue weighted by atomic mass is 35.5. The average molecular weight is 350 g/mol. The second-order valence-electron chi connectivity index (χ2n) is 4.76. The minimum atomic E-state index is -0.771. The summed E-state index contributed by atoms with van der Waals surface area (Å²) in [7, 11) is 1.42. The fourth-order valence-electron chi connectivity index (χ4n) is 2.30. The van der Waals surface area contributed by atoms with E-state index in [4.69, 9.17) is 32.7 Å². The molecular formula is C13H18ClF2N5O2. The molecule has 0 saturated carbocycles. The van der Waals surface area contributed by atoms with Crippen LogP contribution in [0.3, 0.4) is 0 Å². The van der Waals surface area contributed by atoms with Crippen LogP contribution < -0.4 is 21.2 Å². The third-order valence-electron chi connectivity index (χ3n) is 3.20. The summed E-state index contributed by atoms with van der Waals surface area (Å²) in [6, 6.07) is 1.34. The Morgan fingerprint density at radius 2 is 2.35 bits per heavy atom. The van der Waals surface area contributed by atoms with Crippen molar-refractivity contribution in [3.63, 3.8) is 0 Å². The quantitative estimate of drug-likeness (QED) is 0.262. The zero-order chi connectivity index (χ0) is 17.0. The van der Waals surface area contributed by atoms with Crippen molar-refractivity contribution < 1.29 is 18.3 Å². The smallest absolute Gasteiger partial charge is 0.157 e. The average Bonchev–Trinajstić information content (AvgIpc) is 2.49. The van der Waals surface area contributed by atoms with Gasteiger partial charge < -0.3 is 20.1 Å². The molecule has 0 amide bonds. The molecule has 0 bridgehead atoms. The highest BCUT2D eigenvalue weighted by Crippen LogP contribution is 2.39. The molecule has 1 heterocycles. The summed E-state index contributed by atoms with van der Waals surface area (Å²) in [6.45, 7) is 0.144. The van der Waals surface area contributed by atoms with Gasteiger partial charge in [-0.2, -0.15) is 0 Å². The van der Waals surface area contributed by atoms with Crippen molar-refractivity contribution in [1.82, 2.24) is 5.12 Å². The lowest BCUT2D eigenvalue weighted by Gasteiger charge is -2.32. The number of halogens is 3. The summed E-state index contributed by atoms with van der Waals surface area (Å²) in [5, 5.41) is 4.58. The van der Waals surface area contributed by atoms with E-state index in [0.717, 1.165) is 5.12 Å². The van der Waals surface area contributed by atoms with Crippen LogP contribution in [0.25, 0.3) is 0 Å². The summed E-state index contributed by atoms with van der Waals surface area (Å²) in [5.74, 6) is 4.90. The third kappa shape index (κ3) is 3.74. The van der Waals surface area contributed by atoms with Crippen molar-refractivity contribution in [2.45, 2.75) is 0 Å². The topological polar surface area (TPSA) is 89.3 Å². The van der Waals surface area contributed by atoms with Gasteiger partial charge in [0.25, 0.3) is 0 Å². The Labute approximate surface area is 137 Å². The maximum atomic E-state index is 14.5. The van der Waals surface area contributed by atoms with Crippen LogP contribution in [0.2, 0.25) is 5.02 Å². The Hall–Kier alpha value is -1.84. The van der Waals surface area contributed by atoms with Gasteiger partial charge in [-0.1, -0.05) is 11.6 Å². The number of fused-ring (bicyclic) bond motifs is 1. The lowest BCUT2D eigenvalue weighted by molar-refractivity contribution is 0.0656. The number of hydrogen-bond acceptors (Lipinski definition) is 6. The first-order valence-electron chi connectivity index (χ1n) is 6.81. The summed E-state index contributed by atoms with van der Waals surface area (Å²) in [4.78, 5) is 1.63. The van der Waals surface area contributed by atoms with Crippen LogP contribution in [0.15, 0.2) is 11.2 Å². The molecule has 1 aromatic rings. The number of benzene rings is 1. The largest absolute Gasteiger partial charge is 0.489 e. The molecule has 0 radical (unpaired) electrons. The van der Waals surface area contributed by atoms with Crippen LogP contribution in [0.5, 0.6) is 5.75 Å². The van der Waals surface area contributed by atoms with Gasteiger partial charge in [-0.25, -0.2) is 19.7 Å². The van der Waals surface area contributed by atoms with Crippen molar-refractivity contribution in [3.05, 3.63) is 22.5 Å². The molecule has 0 atom stereocenters. The normalized spacial score (nSPS) is 14.5. The van der Waals surface area contributed by atoms with E-state index in [9.17, 15) is 8.78 Å². The molecule has 0 unspecified atom stereocenters. The minimum absolute atomic E-state index is 0.0459. The number of methoxy groups -OCH3 is 1. The standard InChI is InChI=1S/C13H18ClF2N5O2/c1-22-7-21(18)19-13(17)10-11(16)8(14)6-9-12(10)20(3-2-15)4-5-23-9/h6H,2-5,7,18H2,1H3,(H2,17,19). The number of rotatable bonds is 6. The van der Waals surface area contributed by atoms with Gasteiger partial charge in [-0.15, -0.1) is 5.10 Å². The van der Waals surface area contributed by atoms with E-state index in [1.54, 1.807) is 4.90 Å². The zero-order valence-electron chi connectivity index (χ0n) is 12.6. The van der Waals surface area contributed by atoms with E-state index in [1.165, 1.54) is 13.2 Å². The van der Waals surface area contributed by atoms with Gasteiger partial charge in [0, 0.05) is 19.7 Å². The molecule has 0 fully saturated rings. The van der Waals surface area contributed by atoms with Crippen LogP contribution in [-0.4, -0.2) is 51.2 Å². The first-order valence-corrected chi connectivity index (χ1v) is 7.18. The molecule has 4 N–H and O–H groups in total. The molecular weight excluding hydrogens is 332 g/mol. The minimum Gasteiger partial charge on any atom is -0.489 e. The number of ether oxygens (including phenoxy) is 2. The summed E-state index contributed by atoms with van der Waals surface area (Å²) in [5.41, 5.74) is 6.11. The monoisotopic (exact) mass is 349 g/mol. The molecule has 2 rings (SSSR count). The SMILES string of the molecule is COCN(N)/N=C(\N)c1c(F)c(Cl)cc2c1N(CCF)CCO2. The highest BCUT2D eigenvalue weighted by Gasteiger charge is 2.28. The molecule has 10 heteroatoms. The van der Waals surface area contributed by atoms with E-state index < -0.39 is 12.5 Å². The van der Waals surface area contributed by atoms with Crippen molar-refractivity contribution >= 4 is 23.1 Å². The van der Waals surface area contributed by atoms with Crippen molar-refractivity contribution in [2.24, 2.45) is 16.7 Å². The van der Waals surface area contributed by atoms with Gasteiger partial charge in [0.2, 0.25) is 0 Å². The maximum absolute atomic E-state index is 14.5. The van der Waals surface area contributed by atoms with Gasteiger partial charge in [-0.3, -0.25) is 0 Å². The van der Waals surface area contributed by atoms with Crippen LogP contribution >= 0.6 is 11.6 Å². The number of nitrogens with zero attached hydrogens (tertiary/aromatic N) is 3. The molecule has 1 aliphatic rings. The van der Waals surface area contributed by atoms with Crippen LogP contribution in [-0.2, 0) is 4.74 Å². The second-order valence-corrected chi connectivity index (χ2v) is 5.17. The Morgan fingerprint density at radius 1 is 1.61 bits per heavy atom. The molecule has 1 aliphatic heterocycles. The van der Waals surface area contributed by atoms with E-state index in [2.05, 4.69) is 5.10 Å². The molecule has 0 aromatic heterocycles. The highest BCUT2D eigenvalue weighted by molar-refractivity contribution is 6.31. The van der Waals surface area contributed by atoms with Gasteiger partial charge in [0.15, 0.2) is 18.4 Å². The number of hydrazone groups is 1. The summed E-state index contributed by atoms with van der Waals surface area (Å²) < 4.78 is 37.6. The van der Waals surface area contributed by atoms with Gasteiger partial charge >= 0.3 is 0 Å². The second kappa shape index (κ2) is 7.62. The van der Waals surface area contributed by atoms with Crippen LogP contribution in [0.4, 0.5) is 14.5 Å². The summed E-state index contributed by atoms with van der Waals surface area (Å²) in [6.07, 6.45) is 0. The lowest BCUT2D eigenvalue weighted by Crippen LogP contribution is -2.37. The van der Waals surface area contributed by atoms with Crippen LogP contribution in [0, 0.1) is 5.82 Å². The number of hydrogen-bond donors (Lipinski definition) is 2. The molecule has 0 saturated heterocycles. The van der Waals surface area contributed by atoms with E-state index in [1.807, 2.05) is 0 Å². The van der Waals surface area contributed by atoms with E-state index in [-0.39, 0.29) is 29.7 Å². The van der Waals surface area contributed by atoms with Crippen LogP contribution in [0.1, 0.15) is 5.56 Å². The van der Waals surface area contributed by atoms with Gasteiger partial charge in [0.05, 0.1) is 22.8 Å². The van der Waals surface area contributed by atoms with Crippen molar-refractivity contribution in [1.29, 1.82) is 0 Å². The first-order chi connectivity index (χ1) is 11.0. The van der Waals surface area contributed by atoms with E-state index in [0.29, 0.717) is 24.6 Å². The van der Waals surface area contributed by atoms with Crippen molar-refractivity contribution in [2.75, 3.05) is 45.1 Å². The predicted octanol–water partition coefficient (Wildman–Crippen LogP) is 1.05. The Morgan fingerprint density at radius 3 is 3.00 bits per heavy atom. The zero-order valence-corrected chi connectivity index (χ0v) is 13.3. The maximum Gasteiger partial charge on any atom is 0.157 e. The Bertz CT molecular complexity index is 602. The lowest BCUT2D eigenvalue weighted by atomic mass is 10.1. The fourth-order valence-corrected chi connectivity index (χ4v) is 2.50. The molecule has 1 aromatic carbocycles. The fraction of sp³-hybridized carbons (Fsp3) is 0.462. The molecule has 7 nitrogen and oxygen atoms in total. The number of nitrogens with two attached hydrogens (primary N) is 2. The van der Waals surface area contributed by atoms with E-state index >= 15 is 0 Å². The molecule has 0 aliphatic carbocycles. The van der Waals surface area contributed by atoms with Gasteiger partial charge in [0.1, 0.15) is 19.0 Å². The molecule has 23 heavy (non-hydrogen) atoms. The number of hydrazine groups is 1. The predicted molar refractivity (Wildman–Crippen MR) is 83.7 cm³/mol. The first kappa shape index (κ1) is 17.5. The number of amidine groups is 1. The Balaban J connectivity index is 2.55. The summed E-state index contributed by atoms with van der Waals surface area (Å²) >= 11 is 5.89. The Kier molecular flexibility index (Phi) is 5.80.